The van der Waals surface area contributed by atoms with Crippen LogP contribution >= 0.6 is 0 Å². The van der Waals surface area contributed by atoms with Gasteiger partial charge in [0.2, 0.25) is 5.82 Å². The number of amides is 1. The monoisotopic (exact) mass is 382 g/mol. The third-order valence-electron chi connectivity index (χ3n) is 5.24. The van der Waals surface area contributed by atoms with E-state index in [1.807, 2.05) is 24.3 Å². The molecule has 28 heavy (non-hydrogen) atoms. The fourth-order valence-corrected chi connectivity index (χ4v) is 3.62. The SMILES string of the molecule is O=C(NCCC1=CCCCC1)c1nc(-c2ccc(N3CCOCC3)cc2)no1. The number of benzene rings is 1. The number of anilines is 1. The first-order valence-corrected chi connectivity index (χ1v) is 10.0. The van der Waals surface area contributed by atoms with Crippen LogP contribution in [0.5, 0.6) is 0 Å². The highest BCUT2D eigenvalue weighted by Crippen LogP contribution is 2.22. The van der Waals surface area contributed by atoms with E-state index in [0.717, 1.165) is 56.8 Å². The summed E-state index contributed by atoms with van der Waals surface area (Å²) in [6.45, 7) is 3.88. The Labute approximate surface area is 164 Å². The van der Waals surface area contributed by atoms with Crippen LogP contribution in [0.4, 0.5) is 5.69 Å². The third kappa shape index (κ3) is 4.59. The lowest BCUT2D eigenvalue weighted by atomic mass is 9.97. The van der Waals surface area contributed by atoms with Crippen molar-refractivity contribution in [2.24, 2.45) is 0 Å². The van der Waals surface area contributed by atoms with Gasteiger partial charge in [-0.3, -0.25) is 4.79 Å². The van der Waals surface area contributed by atoms with Crippen molar-refractivity contribution in [1.29, 1.82) is 0 Å². The van der Waals surface area contributed by atoms with Gasteiger partial charge in [0, 0.05) is 30.9 Å². The number of nitrogens with zero attached hydrogens (tertiary/aromatic N) is 3. The zero-order valence-electron chi connectivity index (χ0n) is 16.0. The summed E-state index contributed by atoms with van der Waals surface area (Å²) in [6, 6.07) is 7.98. The molecule has 4 rings (SSSR count). The Morgan fingerprint density at radius 2 is 1.96 bits per heavy atom. The van der Waals surface area contributed by atoms with Crippen LogP contribution in [0.1, 0.15) is 42.8 Å². The molecule has 1 fully saturated rings. The molecule has 1 aliphatic carbocycles. The van der Waals surface area contributed by atoms with Crippen LogP contribution in [0.25, 0.3) is 11.4 Å². The van der Waals surface area contributed by atoms with Gasteiger partial charge in [0.05, 0.1) is 13.2 Å². The van der Waals surface area contributed by atoms with Crippen molar-refractivity contribution in [2.45, 2.75) is 32.1 Å². The van der Waals surface area contributed by atoms with Gasteiger partial charge in [0.15, 0.2) is 0 Å². The van der Waals surface area contributed by atoms with E-state index in [2.05, 4.69) is 26.4 Å². The van der Waals surface area contributed by atoms with Crippen molar-refractivity contribution >= 4 is 11.6 Å². The average molecular weight is 382 g/mol. The summed E-state index contributed by atoms with van der Waals surface area (Å²) in [5.41, 5.74) is 3.40. The van der Waals surface area contributed by atoms with E-state index >= 15 is 0 Å². The molecule has 2 aromatic rings. The lowest BCUT2D eigenvalue weighted by Crippen LogP contribution is -2.36. The van der Waals surface area contributed by atoms with Gasteiger partial charge >= 0.3 is 11.8 Å². The predicted octanol–water partition coefficient (Wildman–Crippen LogP) is 3.19. The third-order valence-corrected chi connectivity index (χ3v) is 5.24. The number of morpholine rings is 1. The number of nitrogens with one attached hydrogen (secondary N) is 1. The first-order chi connectivity index (χ1) is 13.8. The number of aromatic nitrogens is 2. The first kappa shape index (κ1) is 18.7. The van der Waals surface area contributed by atoms with Crippen LogP contribution in [0.15, 0.2) is 40.4 Å². The molecule has 1 amide bonds. The molecule has 1 N–H and O–H groups in total. The Kier molecular flexibility index (Phi) is 6.01. The first-order valence-electron chi connectivity index (χ1n) is 10.0. The number of allylic oxidation sites excluding steroid dienone is 1. The summed E-state index contributed by atoms with van der Waals surface area (Å²) in [7, 11) is 0. The van der Waals surface area contributed by atoms with E-state index in [0.29, 0.717) is 12.4 Å². The standard InChI is InChI=1S/C21H26N4O3/c26-20(22-11-10-16-4-2-1-3-5-16)21-23-19(24-28-21)17-6-8-18(9-7-17)25-12-14-27-15-13-25/h4,6-9H,1-3,5,10-15H2,(H,22,26). The van der Waals surface area contributed by atoms with E-state index in [1.54, 1.807) is 0 Å². The number of carbonyl (C=O) groups is 1. The number of hydrogen-bond acceptors (Lipinski definition) is 6. The number of hydrogen-bond donors (Lipinski definition) is 1. The second kappa shape index (κ2) is 9.01. The summed E-state index contributed by atoms with van der Waals surface area (Å²) in [5.74, 6) is 0.110. The Morgan fingerprint density at radius 3 is 2.71 bits per heavy atom. The maximum atomic E-state index is 12.2. The summed E-state index contributed by atoms with van der Waals surface area (Å²) in [4.78, 5) is 18.8. The second-order valence-corrected chi connectivity index (χ2v) is 7.18. The molecule has 0 radical (unpaired) electrons. The number of ether oxygens (including phenoxy) is 1. The van der Waals surface area contributed by atoms with Gasteiger partial charge in [-0.15, -0.1) is 0 Å². The van der Waals surface area contributed by atoms with Gasteiger partial charge in [0.1, 0.15) is 0 Å². The lowest BCUT2D eigenvalue weighted by molar-refractivity contribution is 0.0910. The summed E-state index contributed by atoms with van der Waals surface area (Å²) in [5, 5.41) is 6.82. The van der Waals surface area contributed by atoms with Crippen molar-refractivity contribution in [3.63, 3.8) is 0 Å². The molecule has 0 saturated carbocycles. The maximum absolute atomic E-state index is 12.2. The van der Waals surface area contributed by atoms with Crippen LogP contribution < -0.4 is 10.2 Å². The predicted molar refractivity (Wildman–Crippen MR) is 106 cm³/mol. The number of rotatable bonds is 6. The minimum atomic E-state index is -0.319. The molecule has 0 bridgehead atoms. The minimum Gasteiger partial charge on any atom is -0.378 e. The van der Waals surface area contributed by atoms with Gasteiger partial charge < -0.3 is 19.5 Å². The zero-order chi connectivity index (χ0) is 19.2. The minimum absolute atomic E-state index is 0.00452. The summed E-state index contributed by atoms with van der Waals surface area (Å²) < 4.78 is 10.5. The highest BCUT2D eigenvalue weighted by Gasteiger charge is 2.17. The van der Waals surface area contributed by atoms with E-state index in [1.165, 1.54) is 18.4 Å². The summed E-state index contributed by atoms with van der Waals surface area (Å²) in [6.07, 6.45) is 7.99. The maximum Gasteiger partial charge on any atom is 0.316 e. The quantitative estimate of drug-likeness (QED) is 0.773. The van der Waals surface area contributed by atoms with Crippen LogP contribution in [0.3, 0.4) is 0 Å². The van der Waals surface area contributed by atoms with Crippen LogP contribution in [-0.2, 0) is 4.74 Å². The van der Waals surface area contributed by atoms with E-state index in [9.17, 15) is 4.79 Å². The molecule has 1 saturated heterocycles. The van der Waals surface area contributed by atoms with Crippen molar-refractivity contribution < 1.29 is 14.1 Å². The van der Waals surface area contributed by atoms with Gasteiger partial charge in [-0.2, -0.15) is 4.98 Å². The van der Waals surface area contributed by atoms with Gasteiger partial charge in [-0.1, -0.05) is 16.8 Å². The van der Waals surface area contributed by atoms with Crippen LogP contribution in [-0.4, -0.2) is 48.9 Å². The molecule has 1 aliphatic heterocycles. The van der Waals surface area contributed by atoms with Gasteiger partial charge in [-0.25, -0.2) is 0 Å². The van der Waals surface area contributed by atoms with E-state index in [4.69, 9.17) is 9.26 Å². The van der Waals surface area contributed by atoms with Crippen molar-refractivity contribution in [1.82, 2.24) is 15.5 Å². The molecule has 0 spiro atoms. The largest absolute Gasteiger partial charge is 0.378 e. The molecule has 2 heterocycles. The average Bonchev–Trinajstić information content (AvgIpc) is 3.26. The van der Waals surface area contributed by atoms with Crippen molar-refractivity contribution in [3.05, 3.63) is 41.8 Å². The molecule has 1 aromatic heterocycles. The fourth-order valence-electron chi connectivity index (χ4n) is 3.62. The molecule has 2 aliphatic rings. The van der Waals surface area contributed by atoms with E-state index < -0.39 is 0 Å². The smallest absolute Gasteiger partial charge is 0.316 e. The molecular weight excluding hydrogens is 356 g/mol. The number of carbonyl (C=O) groups excluding carboxylic acids is 1. The highest BCUT2D eigenvalue weighted by molar-refractivity contribution is 5.89. The van der Waals surface area contributed by atoms with Crippen molar-refractivity contribution in [2.75, 3.05) is 37.7 Å². The molecule has 7 nitrogen and oxygen atoms in total. The van der Waals surface area contributed by atoms with E-state index in [-0.39, 0.29) is 11.8 Å². The van der Waals surface area contributed by atoms with Gasteiger partial charge in [-0.05, 0) is 56.4 Å². The Balaban J connectivity index is 1.32. The zero-order valence-corrected chi connectivity index (χ0v) is 16.0. The highest BCUT2D eigenvalue weighted by atomic mass is 16.5. The van der Waals surface area contributed by atoms with Crippen LogP contribution in [0.2, 0.25) is 0 Å². The Morgan fingerprint density at radius 1 is 1.14 bits per heavy atom. The molecule has 7 heteroatoms. The van der Waals surface area contributed by atoms with Gasteiger partial charge in [0.25, 0.3) is 0 Å². The lowest BCUT2D eigenvalue weighted by Gasteiger charge is -2.28. The van der Waals surface area contributed by atoms with Crippen LogP contribution in [0, 0.1) is 0 Å². The molecule has 1 aromatic carbocycles. The summed E-state index contributed by atoms with van der Waals surface area (Å²) >= 11 is 0. The molecule has 148 valence electrons. The Bertz CT molecular complexity index is 822. The molecule has 0 unspecified atom stereocenters. The Hall–Kier alpha value is -2.67. The normalized spacial score (nSPS) is 17.3. The molecular formula is C21H26N4O3. The fraction of sp³-hybridized carbons (Fsp3) is 0.476. The second-order valence-electron chi connectivity index (χ2n) is 7.18. The molecule has 0 atom stereocenters. The van der Waals surface area contributed by atoms with Crippen molar-refractivity contribution in [3.8, 4) is 11.4 Å². The topological polar surface area (TPSA) is 80.5 Å².